The number of alkyl halides is 3. The van der Waals surface area contributed by atoms with Gasteiger partial charge in [0.1, 0.15) is 5.82 Å². The lowest BCUT2D eigenvalue weighted by atomic mass is 10.0. The zero-order valence-electron chi connectivity index (χ0n) is 20.3. The van der Waals surface area contributed by atoms with Crippen LogP contribution in [-0.4, -0.2) is 56.3 Å². The maximum absolute atomic E-state index is 13.7. The van der Waals surface area contributed by atoms with Crippen LogP contribution in [0.4, 0.5) is 33.7 Å². The van der Waals surface area contributed by atoms with Crippen molar-refractivity contribution < 1.29 is 36.7 Å². The molecule has 0 fully saturated rings. The number of halogens is 5. The number of anilines is 2. The smallest absolute Gasteiger partial charge is 0.422 e. The van der Waals surface area contributed by atoms with E-state index in [2.05, 4.69) is 25.7 Å². The van der Waals surface area contributed by atoms with E-state index in [-0.39, 0.29) is 28.5 Å². The van der Waals surface area contributed by atoms with Crippen LogP contribution >= 0.6 is 11.6 Å². The molecular formula is C23H24ClF4N7O4. The van der Waals surface area contributed by atoms with E-state index in [9.17, 15) is 31.9 Å². The molecule has 16 heteroatoms. The highest BCUT2D eigenvalue weighted by Gasteiger charge is 2.45. The summed E-state index contributed by atoms with van der Waals surface area (Å²) < 4.78 is 56.6. The van der Waals surface area contributed by atoms with Crippen molar-refractivity contribution in [3.63, 3.8) is 0 Å². The normalized spacial score (nSPS) is 16.3. The monoisotopic (exact) mass is 573 g/mol. The minimum Gasteiger partial charge on any atom is -0.439 e. The van der Waals surface area contributed by atoms with Crippen molar-refractivity contribution in [2.45, 2.75) is 24.8 Å². The molecular weight excluding hydrogens is 550 g/mol. The van der Waals surface area contributed by atoms with Gasteiger partial charge >= 0.3 is 24.1 Å². The third-order valence-electron chi connectivity index (χ3n) is 5.47. The molecule has 0 spiro atoms. The third-order valence-corrected chi connectivity index (χ3v) is 5.78. The van der Waals surface area contributed by atoms with E-state index in [0.29, 0.717) is 12.1 Å². The first-order valence-electron chi connectivity index (χ1n) is 11.2. The molecule has 39 heavy (non-hydrogen) atoms. The number of guanidine groups is 1. The lowest BCUT2D eigenvalue weighted by molar-refractivity contribution is -0.159. The number of ether oxygens (including phenoxy) is 1. The summed E-state index contributed by atoms with van der Waals surface area (Å²) in [5.74, 6) is -3.61. The van der Waals surface area contributed by atoms with Crippen molar-refractivity contribution >= 4 is 46.8 Å². The van der Waals surface area contributed by atoms with Crippen LogP contribution in [-0.2, 0) is 20.9 Å². The van der Waals surface area contributed by atoms with Crippen LogP contribution in [0.3, 0.4) is 0 Å². The summed E-state index contributed by atoms with van der Waals surface area (Å²) in [6.07, 6.45) is -6.17. The maximum atomic E-state index is 13.7. The van der Waals surface area contributed by atoms with Gasteiger partial charge in [-0.05, 0) is 36.9 Å². The number of nitrogens with zero attached hydrogens (tertiary/aromatic N) is 2. The van der Waals surface area contributed by atoms with E-state index >= 15 is 0 Å². The first kappa shape index (κ1) is 29.4. The summed E-state index contributed by atoms with van der Waals surface area (Å²) in [6.45, 7) is -1.89. The SMILES string of the molecule is CNCc1ccc2c(c1)N(C(=O)OCC(F)(F)F)[C@H](CN=C(N)N)[C@H]2NC(=O)C(=O)Nc1ccc(Cl)c(F)c1. The highest BCUT2D eigenvalue weighted by atomic mass is 35.5. The van der Waals surface area contributed by atoms with Gasteiger partial charge in [-0.15, -0.1) is 0 Å². The second-order valence-corrected chi connectivity index (χ2v) is 8.74. The highest BCUT2D eigenvalue weighted by molar-refractivity contribution is 6.39. The quantitative estimate of drug-likeness (QED) is 0.147. The number of carbonyl (C=O) groups is 3. The number of rotatable bonds is 7. The molecule has 0 aromatic heterocycles. The van der Waals surface area contributed by atoms with Gasteiger partial charge in [0.05, 0.1) is 29.3 Å². The molecule has 2 aromatic carbocycles. The van der Waals surface area contributed by atoms with Gasteiger partial charge in [0, 0.05) is 17.8 Å². The van der Waals surface area contributed by atoms with Gasteiger partial charge in [-0.25, -0.2) is 9.18 Å². The fourth-order valence-electron chi connectivity index (χ4n) is 3.89. The molecule has 0 aliphatic carbocycles. The molecule has 1 heterocycles. The van der Waals surface area contributed by atoms with Crippen LogP contribution in [0.15, 0.2) is 41.4 Å². The molecule has 0 unspecified atom stereocenters. The summed E-state index contributed by atoms with van der Waals surface area (Å²) in [4.78, 5) is 43.0. The summed E-state index contributed by atoms with van der Waals surface area (Å²) >= 11 is 5.62. The van der Waals surface area contributed by atoms with Crippen molar-refractivity contribution in [1.29, 1.82) is 0 Å². The number of aliphatic imine (C=N–C) groups is 1. The van der Waals surface area contributed by atoms with Gasteiger partial charge in [-0.1, -0.05) is 23.7 Å². The number of fused-ring (bicyclic) bond motifs is 1. The zero-order chi connectivity index (χ0) is 28.9. The zero-order valence-corrected chi connectivity index (χ0v) is 21.1. The molecule has 2 aromatic rings. The minimum atomic E-state index is -4.80. The van der Waals surface area contributed by atoms with Crippen molar-refractivity contribution in [3.8, 4) is 0 Å². The van der Waals surface area contributed by atoms with Gasteiger partial charge in [-0.3, -0.25) is 19.5 Å². The molecule has 2 atom stereocenters. The topological polar surface area (TPSA) is 164 Å². The molecule has 7 N–H and O–H groups in total. The van der Waals surface area contributed by atoms with Gasteiger partial charge in [0.2, 0.25) is 0 Å². The Morgan fingerprint density at radius 2 is 1.85 bits per heavy atom. The second-order valence-electron chi connectivity index (χ2n) is 8.33. The van der Waals surface area contributed by atoms with Gasteiger partial charge in [-0.2, -0.15) is 13.2 Å². The summed E-state index contributed by atoms with van der Waals surface area (Å²) in [6, 6.07) is 5.74. The molecule has 1 aliphatic heterocycles. The van der Waals surface area contributed by atoms with E-state index in [1.54, 1.807) is 19.2 Å². The van der Waals surface area contributed by atoms with Crippen molar-refractivity contribution in [2.75, 3.05) is 30.4 Å². The molecule has 0 radical (unpaired) electrons. The summed E-state index contributed by atoms with van der Waals surface area (Å²) in [5, 5.41) is 7.38. The molecule has 11 nitrogen and oxygen atoms in total. The van der Waals surface area contributed by atoms with E-state index in [1.807, 2.05) is 0 Å². The number of nitrogens with two attached hydrogens (primary N) is 2. The van der Waals surface area contributed by atoms with E-state index in [1.165, 1.54) is 18.2 Å². The Labute approximate surface area is 224 Å². The molecule has 0 saturated heterocycles. The van der Waals surface area contributed by atoms with Gasteiger partial charge in [0.25, 0.3) is 0 Å². The number of hydrogen-bond acceptors (Lipinski definition) is 6. The largest absolute Gasteiger partial charge is 0.439 e. The first-order valence-corrected chi connectivity index (χ1v) is 11.6. The number of hydrogen-bond donors (Lipinski definition) is 5. The first-order chi connectivity index (χ1) is 18.3. The van der Waals surface area contributed by atoms with E-state index in [4.69, 9.17) is 23.1 Å². The third kappa shape index (κ3) is 7.48. The second kappa shape index (κ2) is 12.2. The van der Waals surface area contributed by atoms with E-state index < -0.39 is 54.6 Å². The Hall–Kier alpha value is -4.11. The van der Waals surface area contributed by atoms with Crippen molar-refractivity contribution in [3.05, 3.63) is 58.4 Å². The van der Waals surface area contributed by atoms with Gasteiger partial charge in [0.15, 0.2) is 12.6 Å². The van der Waals surface area contributed by atoms with Crippen LogP contribution in [0.1, 0.15) is 17.2 Å². The van der Waals surface area contributed by atoms with Crippen LogP contribution < -0.4 is 32.3 Å². The number of carbonyl (C=O) groups excluding carboxylic acids is 3. The molecule has 0 bridgehead atoms. The Balaban J connectivity index is 1.95. The average Bonchev–Trinajstić information content (AvgIpc) is 3.15. The summed E-state index contributed by atoms with van der Waals surface area (Å²) in [5.41, 5.74) is 11.8. The van der Waals surface area contributed by atoms with Crippen molar-refractivity contribution in [1.82, 2.24) is 10.6 Å². The number of nitrogens with one attached hydrogen (secondary N) is 3. The van der Waals surface area contributed by atoms with E-state index in [0.717, 1.165) is 11.0 Å². The Bertz CT molecular complexity index is 1290. The van der Waals surface area contributed by atoms with Crippen LogP contribution in [0.25, 0.3) is 0 Å². The fraction of sp³-hybridized carbons (Fsp3) is 0.304. The lowest BCUT2D eigenvalue weighted by Gasteiger charge is -2.27. The van der Waals surface area contributed by atoms with Crippen LogP contribution in [0, 0.1) is 5.82 Å². The predicted molar refractivity (Wildman–Crippen MR) is 134 cm³/mol. The van der Waals surface area contributed by atoms with Gasteiger partial charge < -0.3 is 32.2 Å². The lowest BCUT2D eigenvalue weighted by Crippen LogP contribution is -2.48. The summed E-state index contributed by atoms with van der Waals surface area (Å²) in [7, 11) is 1.67. The molecule has 3 rings (SSSR count). The maximum Gasteiger partial charge on any atom is 0.422 e. The molecule has 0 saturated carbocycles. The molecule has 210 valence electrons. The Morgan fingerprint density at radius 3 is 2.46 bits per heavy atom. The van der Waals surface area contributed by atoms with Crippen molar-refractivity contribution in [2.24, 2.45) is 16.5 Å². The standard InChI is InChI=1S/C23H24ClF4N7O4/c1-31-8-11-2-4-13-16(6-11)35(22(38)39-10-23(26,27)28)17(9-32-21(29)30)18(13)34-20(37)19(36)33-12-3-5-14(24)15(25)7-12/h2-7,17-18,31H,8-10H2,1H3,(H,33,36)(H,34,37)(H4,29,30,32)/t17-,18+/m1/s1. The fourth-order valence-corrected chi connectivity index (χ4v) is 4.00. The highest BCUT2D eigenvalue weighted by Crippen LogP contribution is 2.41. The Kier molecular flexibility index (Phi) is 9.19. The average molecular weight is 574 g/mol. The van der Waals surface area contributed by atoms with Crippen LogP contribution in [0.5, 0.6) is 0 Å². The van der Waals surface area contributed by atoms with Crippen LogP contribution in [0.2, 0.25) is 5.02 Å². The Morgan fingerprint density at radius 1 is 1.13 bits per heavy atom. The number of amides is 3. The molecule has 1 aliphatic rings. The minimum absolute atomic E-state index is 0.0602. The molecule has 3 amide bonds. The predicted octanol–water partition coefficient (Wildman–Crippen LogP) is 2.16. The number of benzene rings is 2.